The Morgan fingerprint density at radius 2 is 1.78 bits per heavy atom. The molecule has 7 nitrogen and oxygen atoms in total. The van der Waals surface area contributed by atoms with Gasteiger partial charge in [0.25, 0.3) is 5.91 Å². The molecule has 0 fully saturated rings. The lowest BCUT2D eigenvalue weighted by Crippen LogP contribution is -2.41. The van der Waals surface area contributed by atoms with Crippen LogP contribution in [0.25, 0.3) is 0 Å². The molecule has 0 aliphatic heterocycles. The molecule has 2 aromatic rings. The molecule has 146 valence electrons. The van der Waals surface area contributed by atoms with Crippen LogP contribution >= 0.6 is 0 Å². The third-order valence-electron chi connectivity index (χ3n) is 3.76. The Balaban J connectivity index is 1.73. The average Bonchev–Trinajstić information content (AvgIpc) is 3.05. The van der Waals surface area contributed by atoms with Crippen molar-refractivity contribution in [3.05, 3.63) is 53.3 Å². The first-order chi connectivity index (χ1) is 12.8. The maximum Gasteiger partial charge on any atom is 0.416 e. The molecule has 10 heteroatoms. The van der Waals surface area contributed by atoms with Gasteiger partial charge in [-0.05, 0) is 30.3 Å². The minimum absolute atomic E-state index is 0.168. The SMILES string of the molecule is CN=C(NCCNC(=O)c1ccc(C(F)(F)F)cc1)NCc1ccnn1C. The maximum atomic E-state index is 12.5. The first-order valence-electron chi connectivity index (χ1n) is 8.18. The molecule has 27 heavy (non-hydrogen) atoms. The van der Waals surface area contributed by atoms with E-state index in [1.165, 1.54) is 0 Å². The molecule has 0 atom stereocenters. The highest BCUT2D eigenvalue weighted by Crippen LogP contribution is 2.28. The number of benzene rings is 1. The molecule has 0 aliphatic rings. The highest BCUT2D eigenvalue weighted by Gasteiger charge is 2.30. The van der Waals surface area contributed by atoms with Gasteiger partial charge in [0.15, 0.2) is 5.96 Å². The third-order valence-corrected chi connectivity index (χ3v) is 3.76. The van der Waals surface area contributed by atoms with Crippen molar-refractivity contribution in [3.63, 3.8) is 0 Å². The molecule has 1 heterocycles. The number of nitrogens with zero attached hydrogens (tertiary/aromatic N) is 3. The fraction of sp³-hybridized carbons (Fsp3) is 0.353. The zero-order valence-electron chi connectivity index (χ0n) is 15.0. The van der Waals surface area contributed by atoms with Gasteiger partial charge >= 0.3 is 6.18 Å². The van der Waals surface area contributed by atoms with Gasteiger partial charge in [-0.3, -0.25) is 14.5 Å². The highest BCUT2D eigenvalue weighted by atomic mass is 19.4. The number of hydrogen-bond acceptors (Lipinski definition) is 3. The molecule has 0 unspecified atom stereocenters. The number of amides is 1. The van der Waals surface area contributed by atoms with E-state index in [9.17, 15) is 18.0 Å². The van der Waals surface area contributed by atoms with Crippen LogP contribution in [-0.2, 0) is 19.8 Å². The molecule has 3 N–H and O–H groups in total. The van der Waals surface area contributed by atoms with Crippen LogP contribution in [0.5, 0.6) is 0 Å². The maximum absolute atomic E-state index is 12.5. The number of carbonyl (C=O) groups is 1. The van der Waals surface area contributed by atoms with E-state index in [-0.39, 0.29) is 12.1 Å². The smallest absolute Gasteiger partial charge is 0.355 e. The Morgan fingerprint density at radius 3 is 2.33 bits per heavy atom. The van der Waals surface area contributed by atoms with Crippen molar-refractivity contribution in [3.8, 4) is 0 Å². The minimum Gasteiger partial charge on any atom is -0.355 e. The number of alkyl halides is 3. The molecular formula is C17H21F3N6O. The van der Waals surface area contributed by atoms with E-state index in [1.54, 1.807) is 17.9 Å². The van der Waals surface area contributed by atoms with E-state index >= 15 is 0 Å². The van der Waals surface area contributed by atoms with Gasteiger partial charge in [-0.25, -0.2) is 0 Å². The summed E-state index contributed by atoms with van der Waals surface area (Å²) in [6, 6.07) is 5.96. The molecule has 0 saturated heterocycles. The van der Waals surface area contributed by atoms with Crippen molar-refractivity contribution in [2.45, 2.75) is 12.7 Å². The van der Waals surface area contributed by atoms with Crippen LogP contribution in [0.1, 0.15) is 21.6 Å². The normalized spacial score (nSPS) is 12.0. The van der Waals surface area contributed by atoms with Gasteiger partial charge < -0.3 is 16.0 Å². The van der Waals surface area contributed by atoms with Crippen molar-refractivity contribution < 1.29 is 18.0 Å². The minimum atomic E-state index is -4.42. The summed E-state index contributed by atoms with van der Waals surface area (Å²) in [5, 5.41) is 12.8. The Bertz CT molecular complexity index is 783. The van der Waals surface area contributed by atoms with Gasteiger partial charge in [0.05, 0.1) is 17.8 Å². The monoisotopic (exact) mass is 382 g/mol. The lowest BCUT2D eigenvalue weighted by Gasteiger charge is -2.12. The number of aliphatic imine (C=N–C) groups is 1. The Hall–Kier alpha value is -3.04. The predicted octanol–water partition coefficient (Wildman–Crippen LogP) is 1.53. The van der Waals surface area contributed by atoms with Crippen LogP contribution in [0.4, 0.5) is 13.2 Å². The van der Waals surface area contributed by atoms with Crippen LogP contribution < -0.4 is 16.0 Å². The number of guanidine groups is 1. The number of hydrogen-bond donors (Lipinski definition) is 3. The third kappa shape index (κ3) is 6.01. The lowest BCUT2D eigenvalue weighted by atomic mass is 10.1. The molecule has 1 aromatic carbocycles. The molecule has 0 saturated carbocycles. The summed E-state index contributed by atoms with van der Waals surface area (Å²) in [4.78, 5) is 16.0. The number of aromatic nitrogens is 2. The summed E-state index contributed by atoms with van der Waals surface area (Å²) in [5.74, 6) is 0.114. The average molecular weight is 382 g/mol. The molecule has 1 aromatic heterocycles. The van der Waals surface area contributed by atoms with Gasteiger partial charge in [-0.15, -0.1) is 0 Å². The summed E-state index contributed by atoms with van der Waals surface area (Å²) in [6.45, 7) is 1.22. The van der Waals surface area contributed by atoms with Gasteiger partial charge in [0, 0.05) is 38.9 Å². The Kier molecular flexibility index (Phi) is 6.80. The van der Waals surface area contributed by atoms with Gasteiger partial charge in [-0.1, -0.05) is 0 Å². The summed E-state index contributed by atoms with van der Waals surface area (Å²) in [6.07, 6.45) is -2.72. The zero-order valence-corrected chi connectivity index (χ0v) is 15.0. The highest BCUT2D eigenvalue weighted by molar-refractivity contribution is 5.94. The first-order valence-corrected chi connectivity index (χ1v) is 8.18. The molecule has 2 rings (SSSR count). The molecule has 0 bridgehead atoms. The molecule has 0 spiro atoms. The Labute approximate surface area is 154 Å². The fourth-order valence-electron chi connectivity index (χ4n) is 2.24. The first kappa shape index (κ1) is 20.3. The number of aryl methyl sites for hydroxylation is 1. The number of rotatable bonds is 6. The van der Waals surface area contributed by atoms with Crippen molar-refractivity contribution >= 4 is 11.9 Å². The summed E-state index contributed by atoms with van der Waals surface area (Å²) >= 11 is 0. The number of carbonyl (C=O) groups excluding carboxylic acids is 1. The van der Waals surface area contributed by atoms with E-state index in [4.69, 9.17) is 0 Å². The van der Waals surface area contributed by atoms with Crippen LogP contribution in [0, 0.1) is 0 Å². The van der Waals surface area contributed by atoms with Crippen LogP contribution in [0.15, 0.2) is 41.5 Å². The summed E-state index contributed by atoms with van der Waals surface area (Å²) in [5.41, 5.74) is 0.360. The van der Waals surface area contributed by atoms with Gasteiger partial charge in [0.2, 0.25) is 0 Å². The summed E-state index contributed by atoms with van der Waals surface area (Å²) < 4.78 is 39.3. The zero-order chi connectivity index (χ0) is 19.9. The van der Waals surface area contributed by atoms with Crippen molar-refractivity contribution in [2.24, 2.45) is 12.0 Å². The largest absolute Gasteiger partial charge is 0.416 e. The van der Waals surface area contributed by atoms with Crippen LogP contribution in [0.2, 0.25) is 0 Å². The second kappa shape index (κ2) is 9.06. The Morgan fingerprint density at radius 1 is 1.11 bits per heavy atom. The molecular weight excluding hydrogens is 361 g/mol. The van der Waals surface area contributed by atoms with Gasteiger partial charge in [-0.2, -0.15) is 18.3 Å². The van der Waals surface area contributed by atoms with Crippen LogP contribution in [0.3, 0.4) is 0 Å². The standard InChI is InChI=1S/C17H21F3N6O/c1-21-16(24-11-14-7-8-25-26(14)2)23-10-9-22-15(27)12-3-5-13(6-4-12)17(18,19)20/h3-8H,9-11H2,1-2H3,(H,22,27)(H2,21,23,24). The van der Waals surface area contributed by atoms with E-state index in [1.807, 2.05) is 13.1 Å². The van der Waals surface area contributed by atoms with Crippen molar-refractivity contribution in [2.75, 3.05) is 20.1 Å². The molecule has 0 radical (unpaired) electrons. The van der Waals surface area contributed by atoms with E-state index in [0.717, 1.165) is 30.0 Å². The van der Waals surface area contributed by atoms with Gasteiger partial charge in [0.1, 0.15) is 0 Å². The predicted molar refractivity (Wildman–Crippen MR) is 95.2 cm³/mol. The van der Waals surface area contributed by atoms with E-state index in [0.29, 0.717) is 19.0 Å². The fourth-order valence-corrected chi connectivity index (χ4v) is 2.24. The van der Waals surface area contributed by atoms with E-state index in [2.05, 4.69) is 26.0 Å². The quantitative estimate of drug-likeness (QED) is 0.402. The van der Waals surface area contributed by atoms with Crippen molar-refractivity contribution in [1.82, 2.24) is 25.7 Å². The van der Waals surface area contributed by atoms with Crippen LogP contribution in [-0.4, -0.2) is 41.8 Å². The second-order valence-electron chi connectivity index (χ2n) is 5.63. The second-order valence-corrected chi connectivity index (χ2v) is 5.63. The number of nitrogens with one attached hydrogen (secondary N) is 3. The van der Waals surface area contributed by atoms with E-state index < -0.39 is 17.6 Å². The molecule has 0 aliphatic carbocycles. The topological polar surface area (TPSA) is 83.3 Å². The van der Waals surface area contributed by atoms with Crippen molar-refractivity contribution in [1.29, 1.82) is 0 Å². The molecule has 1 amide bonds. The summed E-state index contributed by atoms with van der Waals surface area (Å²) in [7, 11) is 3.46. The number of halogens is 3. The lowest BCUT2D eigenvalue weighted by molar-refractivity contribution is -0.137.